The van der Waals surface area contributed by atoms with Gasteiger partial charge in [-0.25, -0.2) is 9.18 Å². The van der Waals surface area contributed by atoms with E-state index in [0.717, 1.165) is 0 Å². The van der Waals surface area contributed by atoms with Crippen molar-refractivity contribution in [3.05, 3.63) is 35.8 Å². The number of hydrogen-bond acceptors (Lipinski definition) is 3. The molecule has 18 heavy (non-hydrogen) atoms. The van der Waals surface area contributed by atoms with Crippen molar-refractivity contribution in [2.45, 2.75) is 20.0 Å². The van der Waals surface area contributed by atoms with Crippen molar-refractivity contribution >= 4 is 16.9 Å². The molecule has 0 bridgehead atoms. The average molecular weight is 249 g/mol. The predicted molar refractivity (Wildman–Crippen MR) is 64.2 cm³/mol. The molecule has 94 valence electrons. The topological polar surface area (TPSA) is 59.4 Å². The largest absolute Gasteiger partial charge is 0.479 e. The van der Waals surface area contributed by atoms with Crippen LogP contribution in [0.3, 0.4) is 0 Å². The van der Waals surface area contributed by atoms with E-state index in [0.29, 0.717) is 22.2 Å². The first-order chi connectivity index (χ1) is 8.49. The van der Waals surface area contributed by atoms with Crippen molar-refractivity contribution in [2.24, 2.45) is 0 Å². The Morgan fingerprint density at radius 2 is 2.22 bits per heavy atom. The molecule has 1 N–H and O–H groups in total. The van der Waals surface area contributed by atoms with Gasteiger partial charge in [0.25, 0.3) is 0 Å². The Bertz CT molecular complexity index is 612. The summed E-state index contributed by atoms with van der Waals surface area (Å²) in [6.45, 7) is 3.16. The van der Waals surface area contributed by atoms with Gasteiger partial charge in [-0.15, -0.1) is 0 Å². The lowest BCUT2D eigenvalue weighted by molar-refractivity contribution is -0.144. The number of hydrogen-bond donors (Lipinski definition) is 1. The summed E-state index contributed by atoms with van der Waals surface area (Å²) in [5.41, 5.74) is 1.28. The fraction of sp³-hybridized carbons (Fsp3) is 0.231. The SMILES string of the molecule is Cc1cc(F)cc2c(OC(C)C(=O)O)ccnc12. The van der Waals surface area contributed by atoms with Crippen LogP contribution in [0.1, 0.15) is 12.5 Å². The average Bonchev–Trinajstić information content (AvgIpc) is 2.29. The highest BCUT2D eigenvalue weighted by Gasteiger charge is 2.15. The van der Waals surface area contributed by atoms with Crippen LogP contribution in [0.15, 0.2) is 24.4 Å². The number of carboxylic acids is 1. The minimum absolute atomic E-state index is 0.317. The van der Waals surface area contributed by atoms with Crippen molar-refractivity contribution in [2.75, 3.05) is 0 Å². The number of aryl methyl sites for hydroxylation is 1. The van der Waals surface area contributed by atoms with Gasteiger partial charge in [-0.2, -0.15) is 0 Å². The summed E-state index contributed by atoms with van der Waals surface area (Å²) in [7, 11) is 0. The van der Waals surface area contributed by atoms with Crippen LogP contribution < -0.4 is 4.74 Å². The molecular formula is C13H12FNO3. The number of benzene rings is 1. The molecule has 0 spiro atoms. The van der Waals surface area contributed by atoms with E-state index in [1.54, 1.807) is 6.92 Å². The minimum Gasteiger partial charge on any atom is -0.479 e. The molecule has 0 saturated carbocycles. The van der Waals surface area contributed by atoms with Crippen molar-refractivity contribution in [1.82, 2.24) is 4.98 Å². The van der Waals surface area contributed by atoms with Gasteiger partial charge in [0, 0.05) is 11.6 Å². The molecule has 1 unspecified atom stereocenters. The van der Waals surface area contributed by atoms with Crippen LogP contribution in [0.4, 0.5) is 4.39 Å². The molecular weight excluding hydrogens is 237 g/mol. The van der Waals surface area contributed by atoms with Crippen LogP contribution in [0, 0.1) is 12.7 Å². The van der Waals surface area contributed by atoms with E-state index in [1.165, 1.54) is 31.3 Å². The van der Waals surface area contributed by atoms with E-state index >= 15 is 0 Å². The van der Waals surface area contributed by atoms with Crippen LogP contribution in [0.5, 0.6) is 5.75 Å². The van der Waals surface area contributed by atoms with Crippen molar-refractivity contribution in [1.29, 1.82) is 0 Å². The third-order valence-electron chi connectivity index (χ3n) is 2.61. The van der Waals surface area contributed by atoms with E-state index in [4.69, 9.17) is 9.84 Å². The van der Waals surface area contributed by atoms with Gasteiger partial charge in [0.1, 0.15) is 11.6 Å². The lowest BCUT2D eigenvalue weighted by Crippen LogP contribution is -2.23. The quantitative estimate of drug-likeness (QED) is 0.908. The molecule has 4 nitrogen and oxygen atoms in total. The fourth-order valence-corrected chi connectivity index (χ4v) is 1.71. The van der Waals surface area contributed by atoms with E-state index in [-0.39, 0.29) is 0 Å². The van der Waals surface area contributed by atoms with Crippen molar-refractivity contribution in [3.63, 3.8) is 0 Å². The number of ether oxygens (including phenoxy) is 1. The van der Waals surface area contributed by atoms with Gasteiger partial charge in [0.2, 0.25) is 0 Å². The van der Waals surface area contributed by atoms with E-state index in [2.05, 4.69) is 4.98 Å². The van der Waals surface area contributed by atoms with Gasteiger partial charge in [-0.1, -0.05) is 0 Å². The van der Waals surface area contributed by atoms with Crippen LogP contribution in [0.25, 0.3) is 10.9 Å². The molecule has 1 aromatic carbocycles. The number of nitrogens with zero attached hydrogens (tertiary/aromatic N) is 1. The molecule has 2 rings (SSSR count). The zero-order valence-corrected chi connectivity index (χ0v) is 9.98. The summed E-state index contributed by atoms with van der Waals surface area (Å²) in [4.78, 5) is 14.9. The van der Waals surface area contributed by atoms with E-state index in [1.807, 2.05) is 0 Å². The van der Waals surface area contributed by atoms with Crippen LogP contribution in [-0.4, -0.2) is 22.2 Å². The first-order valence-corrected chi connectivity index (χ1v) is 5.43. The molecule has 2 aromatic rings. The van der Waals surface area contributed by atoms with Gasteiger partial charge in [0.15, 0.2) is 6.10 Å². The fourth-order valence-electron chi connectivity index (χ4n) is 1.71. The van der Waals surface area contributed by atoms with Gasteiger partial charge in [0.05, 0.1) is 5.52 Å². The Morgan fingerprint density at radius 3 is 2.89 bits per heavy atom. The lowest BCUT2D eigenvalue weighted by Gasteiger charge is -2.13. The second kappa shape index (κ2) is 4.60. The highest BCUT2D eigenvalue weighted by molar-refractivity contribution is 5.87. The smallest absolute Gasteiger partial charge is 0.344 e. The van der Waals surface area contributed by atoms with Crippen molar-refractivity contribution in [3.8, 4) is 5.75 Å². The molecule has 0 radical (unpaired) electrons. The maximum absolute atomic E-state index is 13.4. The molecule has 0 aliphatic rings. The Kier molecular flexibility index (Phi) is 3.14. The number of pyridine rings is 1. The Balaban J connectivity index is 2.54. The summed E-state index contributed by atoms with van der Waals surface area (Å²) in [6, 6.07) is 4.19. The molecule has 0 aliphatic heterocycles. The van der Waals surface area contributed by atoms with Gasteiger partial charge < -0.3 is 9.84 Å². The zero-order valence-electron chi connectivity index (χ0n) is 9.98. The van der Waals surface area contributed by atoms with E-state index in [9.17, 15) is 9.18 Å². The number of carboxylic acid groups (broad SMARTS) is 1. The maximum Gasteiger partial charge on any atom is 0.344 e. The first kappa shape index (κ1) is 12.3. The molecule has 1 atom stereocenters. The monoisotopic (exact) mass is 249 g/mol. The standard InChI is InChI=1S/C13H12FNO3/c1-7-5-9(14)6-10-11(3-4-15-12(7)10)18-8(2)13(16)17/h3-6,8H,1-2H3,(H,16,17). The third-order valence-corrected chi connectivity index (χ3v) is 2.61. The van der Waals surface area contributed by atoms with Gasteiger partial charge in [-0.05, 0) is 37.6 Å². The zero-order chi connectivity index (χ0) is 13.3. The second-order valence-electron chi connectivity index (χ2n) is 4.03. The highest BCUT2D eigenvalue weighted by Crippen LogP contribution is 2.27. The molecule has 0 fully saturated rings. The molecule has 1 heterocycles. The van der Waals surface area contributed by atoms with Crippen LogP contribution in [-0.2, 0) is 4.79 Å². The highest BCUT2D eigenvalue weighted by atomic mass is 19.1. The number of aliphatic carboxylic acids is 1. The minimum atomic E-state index is -1.08. The number of aromatic nitrogens is 1. The number of fused-ring (bicyclic) bond motifs is 1. The summed E-state index contributed by atoms with van der Waals surface area (Å²) >= 11 is 0. The summed E-state index contributed by atoms with van der Waals surface area (Å²) < 4.78 is 18.7. The number of halogens is 1. The Morgan fingerprint density at radius 1 is 1.50 bits per heavy atom. The Hall–Kier alpha value is -2.17. The third kappa shape index (κ3) is 2.25. The molecule has 0 saturated heterocycles. The molecule has 1 aromatic heterocycles. The normalized spacial score (nSPS) is 12.4. The van der Waals surface area contributed by atoms with Gasteiger partial charge >= 0.3 is 5.97 Å². The summed E-state index contributed by atoms with van der Waals surface area (Å²) in [5, 5.41) is 9.28. The van der Waals surface area contributed by atoms with Crippen LogP contribution in [0.2, 0.25) is 0 Å². The van der Waals surface area contributed by atoms with Gasteiger partial charge in [-0.3, -0.25) is 4.98 Å². The lowest BCUT2D eigenvalue weighted by atomic mass is 10.1. The second-order valence-corrected chi connectivity index (χ2v) is 4.03. The maximum atomic E-state index is 13.4. The number of carbonyl (C=O) groups is 1. The number of rotatable bonds is 3. The Labute approximate surface area is 103 Å². The first-order valence-electron chi connectivity index (χ1n) is 5.43. The summed E-state index contributed by atoms with van der Waals surface area (Å²) in [5.74, 6) is -1.16. The predicted octanol–water partition coefficient (Wildman–Crippen LogP) is 2.53. The molecule has 0 aliphatic carbocycles. The van der Waals surface area contributed by atoms with Crippen LogP contribution >= 0.6 is 0 Å². The molecule has 0 amide bonds. The molecule has 5 heteroatoms. The van der Waals surface area contributed by atoms with Crippen molar-refractivity contribution < 1.29 is 19.0 Å². The van der Waals surface area contributed by atoms with E-state index < -0.39 is 17.9 Å². The summed E-state index contributed by atoms with van der Waals surface area (Å²) in [6.07, 6.45) is 0.510.